The fourth-order valence-corrected chi connectivity index (χ4v) is 2.54. The van der Waals surface area contributed by atoms with Gasteiger partial charge in [0.2, 0.25) is 5.91 Å². The second kappa shape index (κ2) is 5.01. The fraction of sp³-hybridized carbons (Fsp3) is 0.429. The lowest BCUT2D eigenvalue weighted by Gasteiger charge is -2.15. The first-order valence-corrected chi connectivity index (χ1v) is 6.56. The van der Waals surface area contributed by atoms with Crippen LogP contribution in [0.2, 0.25) is 0 Å². The molecule has 0 spiro atoms. The van der Waals surface area contributed by atoms with Gasteiger partial charge in [0.25, 0.3) is 0 Å². The van der Waals surface area contributed by atoms with Crippen LogP contribution in [-0.2, 0) is 11.2 Å². The van der Waals surface area contributed by atoms with Crippen LogP contribution in [0.4, 0.5) is 0 Å². The molecule has 1 aromatic heterocycles. The van der Waals surface area contributed by atoms with Gasteiger partial charge in [0.1, 0.15) is 5.69 Å². The van der Waals surface area contributed by atoms with Crippen molar-refractivity contribution < 1.29 is 9.32 Å². The fourth-order valence-electron chi connectivity index (χ4n) is 2.54. The highest BCUT2D eigenvalue weighted by Gasteiger charge is 2.26. The maximum atomic E-state index is 12.2. The third-order valence-corrected chi connectivity index (χ3v) is 3.72. The monoisotopic (exact) mass is 259 g/mol. The Morgan fingerprint density at radius 3 is 3.16 bits per heavy atom. The molecule has 0 aliphatic carbocycles. The summed E-state index contributed by atoms with van der Waals surface area (Å²) >= 11 is 0. The lowest BCUT2D eigenvalue weighted by Crippen LogP contribution is -2.34. The van der Waals surface area contributed by atoms with E-state index >= 15 is 0 Å². The average Bonchev–Trinajstić information content (AvgIpc) is 3.06. The van der Waals surface area contributed by atoms with Crippen LogP contribution in [-0.4, -0.2) is 42.1 Å². The number of fused-ring (bicyclic) bond motifs is 1. The number of carbonyl (C=O) groups is 1. The van der Waals surface area contributed by atoms with E-state index in [4.69, 9.17) is 4.52 Å². The molecule has 1 fully saturated rings. The van der Waals surface area contributed by atoms with Crippen LogP contribution in [0, 0.1) is 0 Å². The number of nitrogens with one attached hydrogen (secondary N) is 1. The summed E-state index contributed by atoms with van der Waals surface area (Å²) in [5.41, 5.74) is 1.47. The van der Waals surface area contributed by atoms with Crippen molar-refractivity contribution in [3.05, 3.63) is 30.0 Å². The van der Waals surface area contributed by atoms with Crippen molar-refractivity contribution in [1.82, 2.24) is 15.4 Å². The van der Waals surface area contributed by atoms with Gasteiger partial charge in [0, 0.05) is 24.5 Å². The minimum absolute atomic E-state index is 0.122. The molecule has 19 heavy (non-hydrogen) atoms. The number of likely N-dealkylation sites (tertiary alicyclic amines) is 1. The zero-order chi connectivity index (χ0) is 13.2. The first-order valence-electron chi connectivity index (χ1n) is 6.56. The number of carbonyl (C=O) groups excluding carboxylic acids is 1. The number of benzene rings is 1. The minimum atomic E-state index is 0.122. The predicted octanol–water partition coefficient (Wildman–Crippen LogP) is 1.19. The first-order chi connectivity index (χ1) is 9.28. The van der Waals surface area contributed by atoms with Gasteiger partial charge in [-0.2, -0.15) is 0 Å². The summed E-state index contributed by atoms with van der Waals surface area (Å²) in [5.74, 6) is 0.122. The highest BCUT2D eigenvalue weighted by atomic mass is 16.5. The second-order valence-corrected chi connectivity index (χ2v) is 4.92. The van der Waals surface area contributed by atoms with Gasteiger partial charge in [0.05, 0.1) is 6.42 Å². The zero-order valence-corrected chi connectivity index (χ0v) is 10.9. The van der Waals surface area contributed by atoms with Gasteiger partial charge in [-0.15, -0.1) is 0 Å². The Labute approximate surface area is 111 Å². The molecule has 1 unspecified atom stereocenters. The number of hydrogen-bond acceptors (Lipinski definition) is 4. The molecule has 5 nitrogen and oxygen atoms in total. The quantitative estimate of drug-likeness (QED) is 0.899. The van der Waals surface area contributed by atoms with Crippen LogP contribution < -0.4 is 5.32 Å². The van der Waals surface area contributed by atoms with Crippen molar-refractivity contribution >= 4 is 16.9 Å². The Balaban J connectivity index is 1.73. The number of para-hydroxylation sites is 1. The highest BCUT2D eigenvalue weighted by Crippen LogP contribution is 2.19. The Morgan fingerprint density at radius 1 is 1.53 bits per heavy atom. The van der Waals surface area contributed by atoms with E-state index in [9.17, 15) is 4.79 Å². The molecule has 3 rings (SSSR count). The molecule has 1 atom stereocenters. The summed E-state index contributed by atoms with van der Waals surface area (Å²) in [5, 5.41) is 8.15. The number of hydrogen-bond donors (Lipinski definition) is 1. The Hall–Kier alpha value is -1.88. The molecule has 2 heterocycles. The van der Waals surface area contributed by atoms with E-state index in [1.807, 2.05) is 36.2 Å². The SMILES string of the molecule is CNC1CCN(C(=O)Cc2noc3ccccc23)C1. The van der Waals surface area contributed by atoms with Crippen molar-refractivity contribution in [3.63, 3.8) is 0 Å². The molecule has 1 aromatic carbocycles. The van der Waals surface area contributed by atoms with Crippen molar-refractivity contribution in [2.75, 3.05) is 20.1 Å². The van der Waals surface area contributed by atoms with Crippen LogP contribution in [0.15, 0.2) is 28.8 Å². The molecule has 1 saturated heterocycles. The van der Waals surface area contributed by atoms with Crippen molar-refractivity contribution in [2.24, 2.45) is 0 Å². The minimum Gasteiger partial charge on any atom is -0.356 e. The normalized spacial score (nSPS) is 19.2. The molecule has 5 heteroatoms. The van der Waals surface area contributed by atoms with E-state index in [2.05, 4.69) is 10.5 Å². The van der Waals surface area contributed by atoms with Crippen LogP contribution in [0.1, 0.15) is 12.1 Å². The Kier molecular flexibility index (Phi) is 3.21. The maximum Gasteiger partial charge on any atom is 0.228 e. The highest BCUT2D eigenvalue weighted by molar-refractivity contribution is 5.86. The van der Waals surface area contributed by atoms with Gasteiger partial charge in [-0.3, -0.25) is 4.79 Å². The number of amides is 1. The second-order valence-electron chi connectivity index (χ2n) is 4.92. The summed E-state index contributed by atoms with van der Waals surface area (Å²) in [6.07, 6.45) is 1.33. The summed E-state index contributed by atoms with van der Waals surface area (Å²) in [6, 6.07) is 8.05. The molecule has 0 radical (unpaired) electrons. The molecule has 100 valence electrons. The molecule has 2 aromatic rings. The third-order valence-electron chi connectivity index (χ3n) is 3.72. The van der Waals surface area contributed by atoms with E-state index in [1.165, 1.54) is 0 Å². The number of aromatic nitrogens is 1. The zero-order valence-electron chi connectivity index (χ0n) is 10.9. The predicted molar refractivity (Wildman–Crippen MR) is 71.8 cm³/mol. The van der Waals surface area contributed by atoms with E-state index in [0.29, 0.717) is 12.5 Å². The third kappa shape index (κ3) is 2.33. The number of likely N-dealkylation sites (N-methyl/N-ethyl adjacent to an activating group) is 1. The smallest absolute Gasteiger partial charge is 0.228 e. The average molecular weight is 259 g/mol. The molecule has 1 aliphatic rings. The van der Waals surface area contributed by atoms with Gasteiger partial charge in [-0.05, 0) is 25.6 Å². The van der Waals surface area contributed by atoms with E-state index < -0.39 is 0 Å². The summed E-state index contributed by atoms with van der Waals surface area (Å²) in [7, 11) is 1.93. The Bertz CT molecular complexity index is 593. The molecule has 0 saturated carbocycles. The van der Waals surface area contributed by atoms with E-state index in [0.717, 1.165) is 36.2 Å². The van der Waals surface area contributed by atoms with Gasteiger partial charge in [-0.25, -0.2) is 0 Å². The largest absolute Gasteiger partial charge is 0.356 e. The number of nitrogens with zero attached hydrogens (tertiary/aromatic N) is 2. The molecule has 0 bridgehead atoms. The van der Waals surface area contributed by atoms with Gasteiger partial charge < -0.3 is 14.7 Å². The topological polar surface area (TPSA) is 58.4 Å². The maximum absolute atomic E-state index is 12.2. The van der Waals surface area contributed by atoms with Gasteiger partial charge in [0.15, 0.2) is 5.58 Å². The molecular formula is C14H17N3O2. The van der Waals surface area contributed by atoms with E-state index in [1.54, 1.807) is 0 Å². The summed E-state index contributed by atoms with van der Waals surface area (Å²) in [6.45, 7) is 1.60. The molecule has 1 aliphatic heterocycles. The standard InChI is InChI=1S/C14H17N3O2/c1-15-10-6-7-17(9-10)14(18)8-12-11-4-2-3-5-13(11)19-16-12/h2-5,10,15H,6-9H2,1H3. The molecular weight excluding hydrogens is 242 g/mol. The van der Waals surface area contributed by atoms with E-state index in [-0.39, 0.29) is 5.91 Å². The Morgan fingerprint density at radius 2 is 2.37 bits per heavy atom. The lowest BCUT2D eigenvalue weighted by molar-refractivity contribution is -0.129. The first kappa shape index (κ1) is 12.2. The molecule has 1 amide bonds. The lowest BCUT2D eigenvalue weighted by atomic mass is 10.1. The summed E-state index contributed by atoms with van der Waals surface area (Å²) in [4.78, 5) is 14.1. The van der Waals surface area contributed by atoms with Crippen LogP contribution in [0.3, 0.4) is 0 Å². The van der Waals surface area contributed by atoms with Gasteiger partial charge in [-0.1, -0.05) is 17.3 Å². The van der Waals surface area contributed by atoms with Crippen molar-refractivity contribution in [1.29, 1.82) is 0 Å². The van der Waals surface area contributed by atoms with Crippen LogP contribution >= 0.6 is 0 Å². The van der Waals surface area contributed by atoms with Crippen LogP contribution in [0.25, 0.3) is 11.0 Å². The van der Waals surface area contributed by atoms with Crippen molar-refractivity contribution in [3.8, 4) is 0 Å². The van der Waals surface area contributed by atoms with Crippen molar-refractivity contribution in [2.45, 2.75) is 18.9 Å². The summed E-state index contributed by atoms with van der Waals surface area (Å²) < 4.78 is 5.22. The van der Waals surface area contributed by atoms with Crippen LogP contribution in [0.5, 0.6) is 0 Å². The number of rotatable bonds is 3. The van der Waals surface area contributed by atoms with Gasteiger partial charge >= 0.3 is 0 Å². The molecule has 1 N–H and O–H groups in total.